The number of nitrogens with zero attached hydrogens (tertiary/aromatic N) is 1. The van der Waals surface area contributed by atoms with E-state index in [4.69, 9.17) is 11.6 Å². The van der Waals surface area contributed by atoms with E-state index in [0.29, 0.717) is 26.2 Å². The van der Waals surface area contributed by atoms with Crippen molar-refractivity contribution in [2.75, 3.05) is 26.2 Å². The Hall–Kier alpha value is -0.920. The zero-order chi connectivity index (χ0) is 15.6. The molecule has 1 N–H and O–H groups in total. The van der Waals surface area contributed by atoms with Gasteiger partial charge in [0, 0.05) is 31.2 Å². The van der Waals surface area contributed by atoms with Crippen molar-refractivity contribution in [3.8, 4) is 0 Å². The number of hydrogen-bond donors (Lipinski definition) is 1. The Balaban J connectivity index is 2.38. The van der Waals surface area contributed by atoms with Gasteiger partial charge in [-0.3, -0.25) is 4.90 Å². The molecule has 1 aromatic rings. The highest BCUT2D eigenvalue weighted by Crippen LogP contribution is 2.36. The maximum absolute atomic E-state index is 13.3. The first-order valence-corrected chi connectivity index (χ1v) is 6.77. The lowest BCUT2D eigenvalue weighted by Crippen LogP contribution is -2.46. The van der Waals surface area contributed by atoms with Crippen LogP contribution in [0.2, 0.25) is 5.02 Å². The molecule has 1 aromatic carbocycles. The van der Waals surface area contributed by atoms with Crippen LogP contribution in [0.4, 0.5) is 22.0 Å². The van der Waals surface area contributed by atoms with Crippen LogP contribution < -0.4 is 5.32 Å². The lowest BCUT2D eigenvalue weighted by atomic mass is 10.0. The second-order valence-electron chi connectivity index (χ2n) is 4.84. The van der Waals surface area contributed by atoms with E-state index < -0.39 is 24.2 Å². The third-order valence-electron chi connectivity index (χ3n) is 3.37. The van der Waals surface area contributed by atoms with Gasteiger partial charge in [0.2, 0.25) is 0 Å². The summed E-state index contributed by atoms with van der Waals surface area (Å²) in [5.41, 5.74) is -1.11. The predicted octanol–water partition coefficient (Wildman–Crippen LogP) is 3.57. The molecule has 1 aliphatic heterocycles. The number of piperazine rings is 1. The van der Waals surface area contributed by atoms with E-state index >= 15 is 0 Å². The van der Waals surface area contributed by atoms with Gasteiger partial charge in [-0.25, -0.2) is 8.78 Å². The molecule has 0 aliphatic carbocycles. The van der Waals surface area contributed by atoms with Crippen LogP contribution in [0, 0.1) is 0 Å². The summed E-state index contributed by atoms with van der Waals surface area (Å²) in [5.74, 6) is 0. The summed E-state index contributed by atoms with van der Waals surface area (Å²) < 4.78 is 65.0. The normalized spacial score (nSPS) is 19.0. The molecule has 1 fully saturated rings. The number of nitrogens with one attached hydrogen (secondary N) is 1. The molecule has 21 heavy (non-hydrogen) atoms. The van der Waals surface area contributed by atoms with Gasteiger partial charge in [-0.2, -0.15) is 13.2 Å². The first-order valence-electron chi connectivity index (χ1n) is 6.39. The first-order chi connectivity index (χ1) is 9.79. The number of halogens is 6. The third-order valence-corrected chi connectivity index (χ3v) is 3.59. The van der Waals surface area contributed by atoms with Gasteiger partial charge in [0.1, 0.15) is 0 Å². The Morgan fingerprint density at radius 1 is 1.10 bits per heavy atom. The topological polar surface area (TPSA) is 15.3 Å². The summed E-state index contributed by atoms with van der Waals surface area (Å²) in [7, 11) is 0. The van der Waals surface area contributed by atoms with Crippen molar-refractivity contribution in [1.82, 2.24) is 10.2 Å². The highest BCUT2D eigenvalue weighted by molar-refractivity contribution is 6.30. The van der Waals surface area contributed by atoms with E-state index in [-0.39, 0.29) is 10.6 Å². The maximum atomic E-state index is 13.3. The van der Waals surface area contributed by atoms with E-state index in [2.05, 4.69) is 5.32 Å². The fourth-order valence-electron chi connectivity index (χ4n) is 2.42. The number of benzene rings is 1. The molecule has 1 atom stereocenters. The fraction of sp³-hybridized carbons (Fsp3) is 0.538. The summed E-state index contributed by atoms with van der Waals surface area (Å²) in [6.07, 6.45) is -7.40. The zero-order valence-electron chi connectivity index (χ0n) is 10.9. The Morgan fingerprint density at radius 3 is 2.24 bits per heavy atom. The third kappa shape index (κ3) is 4.05. The summed E-state index contributed by atoms with van der Waals surface area (Å²) >= 11 is 5.67. The van der Waals surface area contributed by atoms with Crippen LogP contribution in [0.15, 0.2) is 18.2 Å². The van der Waals surface area contributed by atoms with Gasteiger partial charge in [0.05, 0.1) is 11.6 Å². The summed E-state index contributed by atoms with van der Waals surface area (Å²) in [5, 5.41) is 2.82. The molecule has 1 heterocycles. The van der Waals surface area contributed by atoms with Crippen LogP contribution in [0.5, 0.6) is 0 Å². The molecule has 0 amide bonds. The lowest BCUT2D eigenvalue weighted by molar-refractivity contribution is -0.137. The molecule has 8 heteroatoms. The van der Waals surface area contributed by atoms with E-state index in [1.54, 1.807) is 0 Å². The Kier molecular flexibility index (Phi) is 5.06. The molecule has 0 unspecified atom stereocenters. The fourth-order valence-corrected chi connectivity index (χ4v) is 2.67. The van der Waals surface area contributed by atoms with Crippen LogP contribution in [-0.2, 0) is 6.18 Å². The summed E-state index contributed by atoms with van der Waals surface area (Å²) in [6.45, 7) is 1.75. The molecule has 2 rings (SSSR count). The smallest absolute Gasteiger partial charge is 0.314 e. The molecule has 0 spiro atoms. The quantitative estimate of drug-likeness (QED) is 0.853. The van der Waals surface area contributed by atoms with E-state index in [9.17, 15) is 22.0 Å². The predicted molar refractivity (Wildman–Crippen MR) is 69.6 cm³/mol. The van der Waals surface area contributed by atoms with Gasteiger partial charge in [-0.15, -0.1) is 0 Å². The number of alkyl halides is 5. The highest BCUT2D eigenvalue weighted by atomic mass is 35.5. The van der Waals surface area contributed by atoms with Crippen molar-refractivity contribution in [3.05, 3.63) is 34.3 Å². The van der Waals surface area contributed by atoms with Crippen molar-refractivity contribution in [3.63, 3.8) is 0 Å². The van der Waals surface area contributed by atoms with Crippen LogP contribution in [0.3, 0.4) is 0 Å². The average Bonchev–Trinajstić information content (AvgIpc) is 2.38. The van der Waals surface area contributed by atoms with Crippen LogP contribution in [0.1, 0.15) is 17.2 Å². The Morgan fingerprint density at radius 2 is 1.71 bits per heavy atom. The SMILES string of the molecule is FC(F)[C@H](c1cc(Cl)cc(C(F)(F)F)c1)N1CCNCC1. The molecular formula is C13H14ClF5N2. The van der Waals surface area contributed by atoms with Gasteiger partial charge < -0.3 is 5.32 Å². The molecule has 0 saturated carbocycles. The minimum absolute atomic E-state index is 0.105. The molecule has 2 nitrogen and oxygen atoms in total. The van der Waals surface area contributed by atoms with E-state index in [1.165, 1.54) is 11.0 Å². The Labute approximate surface area is 123 Å². The lowest BCUT2D eigenvalue weighted by Gasteiger charge is -2.35. The molecule has 0 bridgehead atoms. The largest absolute Gasteiger partial charge is 0.416 e. The zero-order valence-corrected chi connectivity index (χ0v) is 11.7. The van der Waals surface area contributed by atoms with Crippen LogP contribution in [-0.4, -0.2) is 37.5 Å². The minimum atomic E-state index is -4.62. The van der Waals surface area contributed by atoms with Crippen LogP contribution in [0.25, 0.3) is 0 Å². The monoisotopic (exact) mass is 328 g/mol. The Bertz CT molecular complexity index is 486. The van der Waals surface area contributed by atoms with Gasteiger partial charge in [0.25, 0.3) is 6.43 Å². The van der Waals surface area contributed by atoms with Crippen LogP contribution >= 0.6 is 11.6 Å². The van der Waals surface area contributed by atoms with Crippen molar-refractivity contribution in [2.24, 2.45) is 0 Å². The van der Waals surface area contributed by atoms with Crippen molar-refractivity contribution in [2.45, 2.75) is 18.6 Å². The molecular weight excluding hydrogens is 315 g/mol. The highest BCUT2D eigenvalue weighted by Gasteiger charge is 2.35. The average molecular weight is 329 g/mol. The summed E-state index contributed by atoms with van der Waals surface area (Å²) in [4.78, 5) is 1.48. The number of rotatable bonds is 3. The summed E-state index contributed by atoms with van der Waals surface area (Å²) in [6, 6.07) is 1.29. The standard InChI is InChI=1S/C13H14ClF5N2/c14-10-6-8(5-9(7-10)13(17,18)19)11(12(15)16)21-3-1-20-2-4-21/h5-7,11-12,20H,1-4H2/t11-/m0/s1. The van der Waals surface area contributed by atoms with Gasteiger partial charge in [0.15, 0.2) is 0 Å². The molecule has 1 saturated heterocycles. The van der Waals surface area contributed by atoms with Gasteiger partial charge in [-0.05, 0) is 23.8 Å². The van der Waals surface area contributed by atoms with E-state index in [0.717, 1.165) is 12.1 Å². The number of hydrogen-bond acceptors (Lipinski definition) is 2. The van der Waals surface area contributed by atoms with E-state index in [1.807, 2.05) is 0 Å². The molecule has 0 radical (unpaired) electrons. The van der Waals surface area contributed by atoms with Crippen molar-refractivity contribution >= 4 is 11.6 Å². The molecule has 0 aromatic heterocycles. The molecule has 1 aliphatic rings. The first kappa shape index (κ1) is 16.5. The van der Waals surface area contributed by atoms with Crippen molar-refractivity contribution in [1.29, 1.82) is 0 Å². The van der Waals surface area contributed by atoms with Gasteiger partial charge >= 0.3 is 6.18 Å². The second kappa shape index (κ2) is 6.46. The van der Waals surface area contributed by atoms with Gasteiger partial charge in [-0.1, -0.05) is 11.6 Å². The minimum Gasteiger partial charge on any atom is -0.314 e. The maximum Gasteiger partial charge on any atom is 0.416 e. The van der Waals surface area contributed by atoms with Crippen molar-refractivity contribution < 1.29 is 22.0 Å². The second-order valence-corrected chi connectivity index (χ2v) is 5.27. The molecule has 118 valence electrons.